The minimum atomic E-state index is -1.08. The first-order chi connectivity index (χ1) is 18.2. The van der Waals surface area contributed by atoms with Crippen molar-refractivity contribution < 1.29 is 52.4 Å². The van der Waals surface area contributed by atoms with Gasteiger partial charge in [-0.2, -0.15) is 0 Å². The number of ether oxygens (including phenoxy) is 6. The van der Waals surface area contributed by atoms with Crippen LogP contribution in [0.4, 0.5) is 0 Å². The molecule has 0 amide bonds. The van der Waals surface area contributed by atoms with Crippen LogP contribution >= 0.6 is 0 Å². The molecule has 1 aliphatic heterocycles. The summed E-state index contributed by atoms with van der Waals surface area (Å²) >= 11 is 0. The van der Waals surface area contributed by atoms with Crippen LogP contribution in [0.3, 0.4) is 0 Å². The molecule has 0 saturated carbocycles. The van der Waals surface area contributed by atoms with Crippen LogP contribution in [-0.2, 0) is 44.7 Å². The third-order valence-electron chi connectivity index (χ3n) is 5.40. The van der Waals surface area contributed by atoms with Gasteiger partial charge in [-0.1, -0.05) is 30.3 Å². The molecular weight excluding hydrogens is 500 g/mol. The van der Waals surface area contributed by atoms with Gasteiger partial charge >= 0.3 is 23.9 Å². The van der Waals surface area contributed by atoms with Gasteiger partial charge in [-0.05, 0) is 23.8 Å². The van der Waals surface area contributed by atoms with E-state index in [4.69, 9.17) is 28.4 Å². The van der Waals surface area contributed by atoms with Gasteiger partial charge < -0.3 is 28.4 Å². The van der Waals surface area contributed by atoms with Crippen molar-refractivity contribution in [1.29, 1.82) is 0 Å². The van der Waals surface area contributed by atoms with Crippen molar-refractivity contribution in [2.24, 2.45) is 0 Å². The molecular formula is C27H28O11. The minimum absolute atomic E-state index is 0.0467. The summed E-state index contributed by atoms with van der Waals surface area (Å²) in [4.78, 5) is 59.0. The zero-order valence-electron chi connectivity index (χ0n) is 21.1. The van der Waals surface area contributed by atoms with Crippen molar-refractivity contribution in [1.82, 2.24) is 0 Å². The van der Waals surface area contributed by atoms with E-state index in [1.807, 2.05) is 30.3 Å². The summed E-state index contributed by atoms with van der Waals surface area (Å²) in [5, 5.41) is 0. The fourth-order valence-electron chi connectivity index (χ4n) is 3.80. The Balaban J connectivity index is 1.76. The fourth-order valence-corrected chi connectivity index (χ4v) is 3.80. The first kappa shape index (κ1) is 28.3. The van der Waals surface area contributed by atoms with Gasteiger partial charge in [0, 0.05) is 20.8 Å². The Morgan fingerprint density at radius 3 is 2.26 bits per heavy atom. The average Bonchev–Trinajstić information content (AvgIpc) is 2.87. The molecule has 0 bridgehead atoms. The zero-order valence-corrected chi connectivity index (χ0v) is 21.1. The second-order valence-electron chi connectivity index (χ2n) is 8.41. The second-order valence-corrected chi connectivity index (χ2v) is 8.41. The average molecular weight is 529 g/mol. The number of rotatable bonds is 10. The van der Waals surface area contributed by atoms with Crippen molar-refractivity contribution in [3.63, 3.8) is 0 Å². The number of hydrogen-bond acceptors (Lipinski definition) is 11. The highest BCUT2D eigenvalue weighted by Crippen LogP contribution is 2.30. The van der Waals surface area contributed by atoms with E-state index in [0.717, 1.165) is 5.56 Å². The number of hydrogen-bond donors (Lipinski definition) is 0. The van der Waals surface area contributed by atoms with Gasteiger partial charge in [-0.15, -0.1) is 0 Å². The van der Waals surface area contributed by atoms with E-state index < -0.39 is 48.5 Å². The lowest BCUT2D eigenvalue weighted by atomic mass is 10.0. The van der Waals surface area contributed by atoms with Crippen LogP contribution < -0.4 is 4.74 Å². The molecule has 0 spiro atoms. The summed E-state index contributed by atoms with van der Waals surface area (Å²) in [6.07, 6.45) is -3.72. The minimum Gasteiger partial charge on any atom is -0.464 e. The number of carbonyl (C=O) groups is 5. The highest BCUT2D eigenvalue weighted by Gasteiger charge is 2.44. The summed E-state index contributed by atoms with van der Waals surface area (Å²) < 4.78 is 32.7. The normalized spacial score (nSPS) is 20.5. The highest BCUT2D eigenvalue weighted by atomic mass is 16.7. The summed E-state index contributed by atoms with van der Waals surface area (Å²) in [5.74, 6) is -2.42. The van der Waals surface area contributed by atoms with E-state index in [0.29, 0.717) is 6.29 Å². The molecule has 0 N–H and O–H groups in total. The van der Waals surface area contributed by atoms with Gasteiger partial charge in [0.2, 0.25) is 6.29 Å². The van der Waals surface area contributed by atoms with Crippen LogP contribution in [-0.4, -0.2) is 61.4 Å². The van der Waals surface area contributed by atoms with E-state index in [9.17, 15) is 24.0 Å². The fraction of sp³-hybridized carbons (Fsp3) is 0.370. The van der Waals surface area contributed by atoms with Crippen molar-refractivity contribution in [2.45, 2.75) is 58.4 Å². The first-order valence-electron chi connectivity index (χ1n) is 11.8. The molecule has 2 aromatic rings. The topological polar surface area (TPSA) is 141 Å². The zero-order chi connectivity index (χ0) is 27.7. The molecule has 0 radical (unpaired) electrons. The number of esters is 4. The smallest absolute Gasteiger partial charge is 0.338 e. The van der Waals surface area contributed by atoms with E-state index in [2.05, 4.69) is 0 Å². The Morgan fingerprint density at radius 1 is 0.921 bits per heavy atom. The molecule has 2 aromatic carbocycles. The van der Waals surface area contributed by atoms with Crippen LogP contribution in [0.25, 0.3) is 0 Å². The summed E-state index contributed by atoms with van der Waals surface area (Å²) in [6, 6.07) is 13.3. The van der Waals surface area contributed by atoms with E-state index in [-0.39, 0.29) is 36.5 Å². The van der Waals surface area contributed by atoms with E-state index in [1.165, 1.54) is 39.0 Å². The molecule has 4 atom stereocenters. The summed E-state index contributed by atoms with van der Waals surface area (Å²) in [5.41, 5.74) is 0.995. The molecule has 1 unspecified atom stereocenters. The predicted octanol–water partition coefficient (Wildman–Crippen LogP) is 2.78. The second kappa shape index (κ2) is 13.3. The molecule has 1 aliphatic rings. The quantitative estimate of drug-likeness (QED) is 0.255. The third kappa shape index (κ3) is 8.13. The van der Waals surface area contributed by atoms with Crippen LogP contribution in [0.2, 0.25) is 0 Å². The molecule has 11 heteroatoms. The Bertz CT molecular complexity index is 1160. The Hall–Kier alpha value is -4.25. The predicted molar refractivity (Wildman–Crippen MR) is 129 cm³/mol. The monoisotopic (exact) mass is 528 g/mol. The van der Waals surface area contributed by atoms with Crippen LogP contribution in [0.5, 0.6) is 5.75 Å². The molecule has 202 valence electrons. The molecule has 38 heavy (non-hydrogen) atoms. The van der Waals surface area contributed by atoms with Crippen LogP contribution in [0.1, 0.15) is 53.5 Å². The standard InChI is InChI=1S/C27H28O11/c1-16(29)33-15-24-26(36-18(3)31)23(35-17(2)30)12-25(38-24)37-22-10-9-20(11-21(22)13-28)27(32)34-14-19-7-5-4-6-8-19/h4-11,13,23-26H,12,14-15H2,1-3H3/t23-,24-,25?,26-/m1/s1. The van der Waals surface area contributed by atoms with Gasteiger partial charge in [0.25, 0.3) is 0 Å². The number of carbonyl (C=O) groups excluding carboxylic acids is 5. The maximum absolute atomic E-state index is 12.5. The van der Waals surface area contributed by atoms with Crippen LogP contribution in [0.15, 0.2) is 48.5 Å². The molecule has 1 fully saturated rings. The lowest BCUT2D eigenvalue weighted by Gasteiger charge is -2.39. The largest absolute Gasteiger partial charge is 0.464 e. The van der Waals surface area contributed by atoms with Crippen molar-refractivity contribution in [3.8, 4) is 5.75 Å². The van der Waals surface area contributed by atoms with Gasteiger partial charge in [0.15, 0.2) is 12.4 Å². The first-order valence-corrected chi connectivity index (χ1v) is 11.8. The van der Waals surface area contributed by atoms with E-state index in [1.54, 1.807) is 0 Å². The molecule has 0 aromatic heterocycles. The van der Waals surface area contributed by atoms with Gasteiger partial charge in [-0.25, -0.2) is 4.79 Å². The molecule has 3 rings (SSSR count). The summed E-state index contributed by atoms with van der Waals surface area (Å²) in [6.45, 7) is 3.33. The number of benzene rings is 2. The van der Waals surface area contributed by atoms with Crippen LogP contribution in [0, 0.1) is 0 Å². The highest BCUT2D eigenvalue weighted by molar-refractivity contribution is 5.92. The van der Waals surface area contributed by atoms with Gasteiger partial charge in [0.1, 0.15) is 31.2 Å². The van der Waals surface area contributed by atoms with Gasteiger partial charge in [0.05, 0.1) is 17.5 Å². The van der Waals surface area contributed by atoms with Crippen molar-refractivity contribution in [2.75, 3.05) is 6.61 Å². The van der Waals surface area contributed by atoms with Crippen molar-refractivity contribution in [3.05, 3.63) is 65.2 Å². The Kier molecular flexibility index (Phi) is 9.94. The summed E-state index contributed by atoms with van der Waals surface area (Å²) in [7, 11) is 0. The van der Waals surface area contributed by atoms with Gasteiger partial charge in [-0.3, -0.25) is 19.2 Å². The Morgan fingerprint density at radius 2 is 1.63 bits per heavy atom. The lowest BCUT2D eigenvalue weighted by Crippen LogP contribution is -2.54. The van der Waals surface area contributed by atoms with Crippen molar-refractivity contribution >= 4 is 30.2 Å². The molecule has 1 saturated heterocycles. The van der Waals surface area contributed by atoms with E-state index >= 15 is 0 Å². The lowest BCUT2D eigenvalue weighted by molar-refractivity contribution is -0.245. The molecule has 0 aliphatic carbocycles. The SMILES string of the molecule is CC(=O)OC[C@H]1OC(Oc2ccc(C(=O)OCc3ccccc3)cc2C=O)C[C@@H](OC(C)=O)[C@H]1OC(C)=O. The maximum atomic E-state index is 12.5. The third-order valence-corrected chi connectivity index (χ3v) is 5.40. The maximum Gasteiger partial charge on any atom is 0.338 e. The molecule has 11 nitrogen and oxygen atoms in total. The molecule has 1 heterocycles. The Labute approximate surface area is 218 Å². The number of aldehydes is 1.